The molecule has 6 rings (SSSR count). The summed E-state index contributed by atoms with van der Waals surface area (Å²) in [4.78, 5) is 5.94. The number of ether oxygens (including phenoxy) is 1. The van der Waals surface area contributed by atoms with Crippen LogP contribution in [-0.4, -0.2) is 58.9 Å². The van der Waals surface area contributed by atoms with Gasteiger partial charge in [-0.2, -0.15) is 13.2 Å². The van der Waals surface area contributed by atoms with Gasteiger partial charge in [-0.3, -0.25) is 4.98 Å². The Morgan fingerprint density at radius 3 is 2.51 bits per heavy atom. The van der Waals surface area contributed by atoms with Crippen LogP contribution in [-0.2, 0) is 10.9 Å². The number of aromatic nitrogens is 3. The van der Waals surface area contributed by atoms with Gasteiger partial charge in [-0.1, -0.05) is 0 Å². The summed E-state index contributed by atoms with van der Waals surface area (Å²) in [6.45, 7) is 1.48. The second kappa shape index (κ2) is 9.32. The van der Waals surface area contributed by atoms with E-state index in [0.717, 1.165) is 69.4 Å². The first-order valence-corrected chi connectivity index (χ1v) is 12.7. The Balaban J connectivity index is 1.15. The van der Waals surface area contributed by atoms with E-state index in [1.807, 2.05) is 4.90 Å². The second-order valence-corrected chi connectivity index (χ2v) is 10.5. The number of alkyl halides is 3. The van der Waals surface area contributed by atoms with Gasteiger partial charge in [0.2, 0.25) is 0 Å². The number of hydrogen-bond donors (Lipinski definition) is 1. The Bertz CT molecular complexity index is 1130. The van der Waals surface area contributed by atoms with Crippen LogP contribution in [0.2, 0.25) is 0 Å². The van der Waals surface area contributed by atoms with Crippen molar-refractivity contribution in [3.8, 4) is 11.3 Å². The third-order valence-electron chi connectivity index (χ3n) is 7.92. The number of anilines is 1. The van der Waals surface area contributed by atoms with Crippen LogP contribution in [0.4, 0.5) is 19.0 Å². The Hall–Kier alpha value is -2.26. The maximum atomic E-state index is 13.6. The van der Waals surface area contributed by atoms with Crippen LogP contribution in [0.5, 0.6) is 0 Å². The van der Waals surface area contributed by atoms with Crippen LogP contribution in [0.15, 0.2) is 24.5 Å². The summed E-state index contributed by atoms with van der Waals surface area (Å²) in [7, 11) is 0. The molecule has 2 aromatic heterocycles. The monoisotopic (exact) mass is 489 g/mol. The van der Waals surface area contributed by atoms with E-state index in [1.54, 1.807) is 6.07 Å². The molecular formula is C26H32F3N5O. The molecule has 4 fully saturated rings. The van der Waals surface area contributed by atoms with Gasteiger partial charge in [0.1, 0.15) is 0 Å². The van der Waals surface area contributed by atoms with E-state index in [4.69, 9.17) is 7.48 Å². The highest BCUT2D eigenvalue weighted by Crippen LogP contribution is 2.46. The molecule has 4 aliphatic rings. The summed E-state index contributed by atoms with van der Waals surface area (Å²) >= 11 is 0. The van der Waals surface area contributed by atoms with E-state index >= 15 is 0 Å². The zero-order chi connectivity index (χ0) is 25.8. The lowest BCUT2D eigenvalue weighted by molar-refractivity contribution is -0.137. The number of rotatable bonds is 6. The third kappa shape index (κ3) is 5.03. The van der Waals surface area contributed by atoms with Gasteiger partial charge in [0.05, 0.1) is 11.3 Å². The van der Waals surface area contributed by atoms with E-state index in [0.29, 0.717) is 30.9 Å². The molecule has 4 heterocycles. The molecule has 0 aromatic carbocycles. The molecule has 2 saturated heterocycles. The van der Waals surface area contributed by atoms with Crippen molar-refractivity contribution >= 4 is 5.82 Å². The predicted octanol–water partition coefficient (Wildman–Crippen LogP) is 4.98. The maximum Gasteiger partial charge on any atom is 0.417 e. The minimum atomic E-state index is -4.49. The molecule has 0 amide bonds. The summed E-state index contributed by atoms with van der Waals surface area (Å²) in [5.74, 6) is 1.82. The van der Waals surface area contributed by atoms with E-state index in [9.17, 15) is 13.2 Å². The van der Waals surface area contributed by atoms with Crippen molar-refractivity contribution < 1.29 is 20.6 Å². The fourth-order valence-electron chi connectivity index (χ4n) is 6.00. The Morgan fingerprint density at radius 2 is 1.83 bits per heavy atom. The Morgan fingerprint density at radius 1 is 1.09 bits per heavy atom. The summed E-state index contributed by atoms with van der Waals surface area (Å²) in [6, 6.07) is 2.93. The molecule has 35 heavy (non-hydrogen) atoms. The fraction of sp³-hybridized carbons (Fsp3) is 0.654. The van der Waals surface area contributed by atoms with Crippen LogP contribution in [0.25, 0.3) is 11.3 Å². The lowest BCUT2D eigenvalue weighted by Crippen LogP contribution is -2.32. The molecule has 3 atom stereocenters. The van der Waals surface area contributed by atoms with Gasteiger partial charge in [0.15, 0.2) is 5.82 Å². The Labute approximate surface area is 206 Å². The predicted molar refractivity (Wildman–Crippen MR) is 126 cm³/mol. The average molecular weight is 490 g/mol. The van der Waals surface area contributed by atoms with Crippen LogP contribution in [0.1, 0.15) is 58.3 Å². The van der Waals surface area contributed by atoms with E-state index < -0.39 is 18.2 Å². The largest absolute Gasteiger partial charge is 0.417 e. The van der Waals surface area contributed by atoms with E-state index in [1.165, 1.54) is 6.20 Å². The molecule has 188 valence electrons. The number of halogens is 3. The molecule has 1 unspecified atom stereocenters. The normalized spacial score (nSPS) is 29.1. The van der Waals surface area contributed by atoms with Crippen molar-refractivity contribution in [2.24, 2.45) is 17.8 Å². The number of hydrogen-bond acceptors (Lipinski definition) is 6. The summed E-state index contributed by atoms with van der Waals surface area (Å²) < 4.78 is 63.7. The molecule has 2 saturated carbocycles. The van der Waals surface area contributed by atoms with Crippen LogP contribution >= 0.6 is 0 Å². The van der Waals surface area contributed by atoms with Gasteiger partial charge in [-0.05, 0) is 74.3 Å². The summed E-state index contributed by atoms with van der Waals surface area (Å²) in [5.41, 5.74) is 0.317. The summed E-state index contributed by atoms with van der Waals surface area (Å²) in [5, 5.41) is 12.1. The Kier molecular flexibility index (Phi) is 5.56. The van der Waals surface area contributed by atoms with Crippen molar-refractivity contribution in [1.82, 2.24) is 20.1 Å². The molecule has 2 aliphatic heterocycles. The number of pyridine rings is 1. The number of nitrogens with zero attached hydrogens (tertiary/aromatic N) is 4. The van der Waals surface area contributed by atoms with Crippen molar-refractivity contribution in [1.29, 1.82) is 0 Å². The zero-order valence-corrected chi connectivity index (χ0v) is 19.6. The molecule has 6 nitrogen and oxygen atoms in total. The molecular weight excluding hydrogens is 455 g/mol. The van der Waals surface area contributed by atoms with Crippen LogP contribution in [0.3, 0.4) is 0 Å². The van der Waals surface area contributed by atoms with E-state index in [-0.39, 0.29) is 29.1 Å². The van der Waals surface area contributed by atoms with Crippen LogP contribution in [0, 0.1) is 17.8 Å². The van der Waals surface area contributed by atoms with Crippen molar-refractivity contribution in [3.63, 3.8) is 0 Å². The minimum absolute atomic E-state index is 0.0153. The van der Waals surface area contributed by atoms with Crippen molar-refractivity contribution in [2.45, 2.75) is 56.7 Å². The maximum absolute atomic E-state index is 13.6. The van der Waals surface area contributed by atoms with Gasteiger partial charge < -0.3 is 15.0 Å². The van der Waals surface area contributed by atoms with Gasteiger partial charge in [-0.25, -0.2) is 0 Å². The lowest BCUT2D eigenvalue weighted by atomic mass is 10.00. The first kappa shape index (κ1) is 20.9. The molecule has 2 aliphatic carbocycles. The molecule has 1 N–H and O–H groups in total. The quantitative estimate of drug-likeness (QED) is 0.617. The molecule has 0 spiro atoms. The van der Waals surface area contributed by atoms with Crippen LogP contribution < -0.4 is 5.32 Å². The number of likely N-dealkylation sites (tertiary alicyclic amines) is 1. The highest BCUT2D eigenvalue weighted by molar-refractivity contribution is 5.66. The van der Waals surface area contributed by atoms with Gasteiger partial charge >= 0.3 is 6.18 Å². The third-order valence-corrected chi connectivity index (χ3v) is 7.92. The van der Waals surface area contributed by atoms with Crippen molar-refractivity contribution in [2.75, 3.05) is 38.1 Å². The first-order chi connectivity index (χ1) is 17.7. The molecule has 0 bridgehead atoms. The van der Waals surface area contributed by atoms with E-state index in [2.05, 4.69) is 20.5 Å². The zero-order valence-electron chi connectivity index (χ0n) is 21.6. The van der Waals surface area contributed by atoms with Crippen molar-refractivity contribution in [3.05, 3.63) is 35.7 Å². The van der Waals surface area contributed by atoms with Gasteiger partial charge in [-0.15, -0.1) is 10.2 Å². The van der Waals surface area contributed by atoms with Gasteiger partial charge in [0.25, 0.3) is 0 Å². The standard InChI is InChI=1S/C26H32F3N5O/c27-26(28,29)23-3-6-30-12-22(23)24-11-21(17-1-2-17)25(33-32-24)31-20-9-18-14-34(15-19(18)10-20)13-16-4-7-35-8-5-16/h3,6,11-12,16-20H,1-2,4-5,7-10,13-15H2,(H,31,33)/t18-,19+,20?/i13D2. The lowest BCUT2D eigenvalue weighted by Gasteiger charge is -2.28. The summed E-state index contributed by atoms with van der Waals surface area (Å²) in [6.07, 6.45) is 3.24. The SMILES string of the molecule is [2H]C([2H])(C1CCOCC1)N1C[C@H]2CC(Nc3nnc(-c4cnccc4C(F)(F)F)cc3C3CC3)C[C@H]2C1. The smallest absolute Gasteiger partial charge is 0.381 e. The number of nitrogens with one attached hydrogen (secondary N) is 1. The highest BCUT2D eigenvalue weighted by Gasteiger charge is 2.42. The second-order valence-electron chi connectivity index (χ2n) is 10.5. The number of fused-ring (bicyclic) bond motifs is 1. The minimum Gasteiger partial charge on any atom is -0.381 e. The fourth-order valence-corrected chi connectivity index (χ4v) is 6.00. The highest BCUT2D eigenvalue weighted by atomic mass is 19.4. The molecule has 9 heteroatoms. The molecule has 0 radical (unpaired) electrons. The topological polar surface area (TPSA) is 63.2 Å². The first-order valence-electron chi connectivity index (χ1n) is 13.7. The molecule has 2 aromatic rings. The van der Waals surface area contributed by atoms with Gasteiger partial charge in [0, 0.05) is 65.1 Å². The average Bonchev–Trinajstić information content (AvgIpc) is 3.54.